The molecular weight excluding hydrogens is 391 g/mol. The highest BCUT2D eigenvalue weighted by Gasteiger charge is 2.48. The van der Waals surface area contributed by atoms with Gasteiger partial charge in [0.2, 0.25) is 0 Å². The molecule has 1 amide bonds. The topological polar surface area (TPSA) is 50.4 Å². The zero-order valence-corrected chi connectivity index (χ0v) is 16.9. The van der Waals surface area contributed by atoms with Crippen LogP contribution < -0.4 is 15.4 Å². The van der Waals surface area contributed by atoms with Gasteiger partial charge in [-0.05, 0) is 80.1 Å². The SMILES string of the molecule is COc1c(Cl)cc(Cl)cc1C(=O)NC(=S)NC1C2CC3CC(C2)CC1C3. The predicted octanol–water partition coefficient (Wildman–Crippen LogP) is 4.43. The lowest BCUT2D eigenvalue weighted by Crippen LogP contribution is -2.57. The van der Waals surface area contributed by atoms with Crippen molar-refractivity contribution >= 4 is 46.4 Å². The van der Waals surface area contributed by atoms with Crippen molar-refractivity contribution in [2.24, 2.45) is 23.7 Å². The quantitative estimate of drug-likeness (QED) is 0.720. The van der Waals surface area contributed by atoms with Crippen LogP contribution in [0, 0.1) is 23.7 Å². The molecule has 4 saturated carbocycles. The molecule has 140 valence electrons. The Bertz CT molecular complexity index is 727. The molecule has 1 aromatic rings. The number of amides is 1. The Morgan fingerprint density at radius 2 is 1.73 bits per heavy atom. The van der Waals surface area contributed by atoms with Crippen LogP contribution in [-0.2, 0) is 0 Å². The van der Waals surface area contributed by atoms with E-state index < -0.39 is 0 Å². The van der Waals surface area contributed by atoms with E-state index in [1.807, 2.05) is 0 Å². The highest BCUT2D eigenvalue weighted by Crippen LogP contribution is 2.53. The van der Waals surface area contributed by atoms with E-state index in [9.17, 15) is 4.79 Å². The van der Waals surface area contributed by atoms with Crippen molar-refractivity contribution in [3.05, 3.63) is 27.7 Å². The number of benzene rings is 1. The van der Waals surface area contributed by atoms with E-state index >= 15 is 0 Å². The van der Waals surface area contributed by atoms with Crippen LogP contribution in [-0.4, -0.2) is 24.2 Å². The number of hydrogen-bond acceptors (Lipinski definition) is 3. The summed E-state index contributed by atoms with van der Waals surface area (Å²) in [5.41, 5.74) is 0.277. The highest BCUT2D eigenvalue weighted by atomic mass is 35.5. The van der Waals surface area contributed by atoms with E-state index in [0.717, 1.165) is 11.8 Å². The van der Waals surface area contributed by atoms with E-state index in [4.69, 9.17) is 40.2 Å². The molecule has 4 bridgehead atoms. The minimum atomic E-state index is -0.368. The van der Waals surface area contributed by atoms with E-state index in [0.29, 0.717) is 38.8 Å². The summed E-state index contributed by atoms with van der Waals surface area (Å²) in [7, 11) is 1.47. The molecule has 0 saturated heterocycles. The number of halogens is 2. The second kappa shape index (κ2) is 7.17. The van der Waals surface area contributed by atoms with E-state index in [1.165, 1.54) is 45.3 Å². The third-order valence-corrected chi connectivity index (χ3v) is 6.93. The zero-order valence-electron chi connectivity index (χ0n) is 14.6. The van der Waals surface area contributed by atoms with Crippen molar-refractivity contribution in [2.75, 3.05) is 7.11 Å². The van der Waals surface area contributed by atoms with Crippen LogP contribution in [0.1, 0.15) is 42.5 Å². The first-order valence-electron chi connectivity index (χ1n) is 9.09. The Morgan fingerprint density at radius 1 is 1.12 bits per heavy atom. The van der Waals surface area contributed by atoms with Crippen LogP contribution in [0.25, 0.3) is 0 Å². The average Bonchev–Trinajstić information content (AvgIpc) is 2.56. The average molecular weight is 413 g/mol. The van der Waals surface area contributed by atoms with Gasteiger partial charge in [0, 0.05) is 11.1 Å². The summed E-state index contributed by atoms with van der Waals surface area (Å²) in [4.78, 5) is 12.7. The summed E-state index contributed by atoms with van der Waals surface area (Å²) >= 11 is 17.6. The van der Waals surface area contributed by atoms with Crippen molar-refractivity contribution in [1.29, 1.82) is 0 Å². The number of thiocarbonyl (C=S) groups is 1. The van der Waals surface area contributed by atoms with Gasteiger partial charge in [-0.2, -0.15) is 0 Å². The molecule has 5 rings (SSSR count). The molecule has 0 heterocycles. The van der Waals surface area contributed by atoms with Crippen molar-refractivity contribution in [2.45, 2.75) is 38.1 Å². The first-order chi connectivity index (χ1) is 12.4. The summed E-state index contributed by atoms with van der Waals surface area (Å²) in [5, 5.41) is 7.23. The molecule has 2 N–H and O–H groups in total. The number of methoxy groups -OCH3 is 1. The fourth-order valence-electron chi connectivity index (χ4n) is 5.46. The van der Waals surface area contributed by atoms with Gasteiger partial charge in [-0.1, -0.05) is 23.2 Å². The van der Waals surface area contributed by atoms with Gasteiger partial charge in [0.1, 0.15) is 5.75 Å². The smallest absolute Gasteiger partial charge is 0.261 e. The molecule has 0 atom stereocenters. The summed E-state index contributed by atoms with van der Waals surface area (Å²) in [6.07, 6.45) is 6.58. The lowest BCUT2D eigenvalue weighted by Gasteiger charge is -2.54. The van der Waals surface area contributed by atoms with Gasteiger partial charge in [-0.15, -0.1) is 0 Å². The first kappa shape index (κ1) is 18.3. The van der Waals surface area contributed by atoms with Crippen molar-refractivity contribution in [1.82, 2.24) is 10.6 Å². The highest BCUT2D eigenvalue weighted by molar-refractivity contribution is 7.80. The molecule has 26 heavy (non-hydrogen) atoms. The fourth-order valence-corrected chi connectivity index (χ4v) is 6.25. The molecule has 7 heteroatoms. The standard InChI is InChI=1S/C19H22Cl2N2O2S/c1-25-17-14(7-13(20)8-15(17)21)18(24)23-19(26)22-16-11-3-9-2-10(5-11)6-12(16)4-9/h7-12,16H,2-6H2,1H3,(H2,22,23,24,26). The van der Waals surface area contributed by atoms with Crippen molar-refractivity contribution in [3.63, 3.8) is 0 Å². The maximum atomic E-state index is 12.7. The lowest BCUT2D eigenvalue weighted by molar-refractivity contribution is -0.00692. The first-order valence-corrected chi connectivity index (χ1v) is 10.3. The molecule has 0 spiro atoms. The normalized spacial score (nSPS) is 31.6. The van der Waals surface area contributed by atoms with Crippen LogP contribution in [0.3, 0.4) is 0 Å². The molecule has 4 nitrogen and oxygen atoms in total. The molecular formula is C19H22Cl2N2O2S. The van der Waals surface area contributed by atoms with Crippen LogP contribution in [0.15, 0.2) is 12.1 Å². The number of rotatable bonds is 3. The molecule has 0 radical (unpaired) electrons. The summed E-state index contributed by atoms with van der Waals surface area (Å²) in [6, 6.07) is 3.46. The second-order valence-corrected chi connectivity index (χ2v) is 9.10. The molecule has 4 aliphatic rings. The van der Waals surface area contributed by atoms with Crippen molar-refractivity contribution in [3.8, 4) is 5.75 Å². The Balaban J connectivity index is 1.43. The number of hydrogen-bond donors (Lipinski definition) is 2. The Morgan fingerprint density at radius 3 is 2.31 bits per heavy atom. The predicted molar refractivity (Wildman–Crippen MR) is 107 cm³/mol. The van der Waals surface area contributed by atoms with E-state index in [-0.39, 0.29) is 11.5 Å². The number of ether oxygens (including phenoxy) is 1. The molecule has 4 aliphatic carbocycles. The van der Waals surface area contributed by atoms with Gasteiger partial charge in [0.15, 0.2) is 5.11 Å². The number of carbonyl (C=O) groups excluding carboxylic acids is 1. The van der Waals surface area contributed by atoms with Gasteiger partial charge < -0.3 is 10.1 Å². The van der Waals surface area contributed by atoms with Crippen LogP contribution in [0.4, 0.5) is 0 Å². The molecule has 0 aliphatic heterocycles. The van der Waals surface area contributed by atoms with E-state index in [1.54, 1.807) is 6.07 Å². The summed E-state index contributed by atoms with van der Waals surface area (Å²) in [6.45, 7) is 0. The minimum absolute atomic E-state index is 0.277. The van der Waals surface area contributed by atoms with Gasteiger partial charge in [0.05, 0.1) is 17.7 Å². The van der Waals surface area contributed by atoms with Gasteiger partial charge in [0.25, 0.3) is 5.91 Å². The van der Waals surface area contributed by atoms with Gasteiger partial charge in [-0.25, -0.2) is 0 Å². The Kier molecular flexibility index (Phi) is 5.06. The number of nitrogens with one attached hydrogen (secondary N) is 2. The van der Waals surface area contributed by atoms with Gasteiger partial charge >= 0.3 is 0 Å². The second-order valence-electron chi connectivity index (χ2n) is 7.85. The third-order valence-electron chi connectivity index (χ3n) is 6.21. The van der Waals surface area contributed by atoms with E-state index in [2.05, 4.69) is 10.6 Å². The van der Waals surface area contributed by atoms with Crippen molar-refractivity contribution < 1.29 is 9.53 Å². The van der Waals surface area contributed by atoms with Crippen LogP contribution in [0.2, 0.25) is 10.0 Å². The summed E-state index contributed by atoms with van der Waals surface area (Å²) in [5.74, 6) is 3.08. The Hall–Kier alpha value is -1.04. The maximum absolute atomic E-state index is 12.7. The zero-order chi connectivity index (χ0) is 18.4. The largest absolute Gasteiger partial charge is 0.494 e. The fraction of sp³-hybridized carbons (Fsp3) is 0.579. The van der Waals surface area contributed by atoms with Crippen LogP contribution in [0.5, 0.6) is 5.75 Å². The molecule has 4 fully saturated rings. The molecule has 1 aromatic carbocycles. The minimum Gasteiger partial charge on any atom is -0.494 e. The third kappa shape index (κ3) is 3.41. The summed E-state index contributed by atoms with van der Waals surface area (Å²) < 4.78 is 5.25. The maximum Gasteiger partial charge on any atom is 0.261 e. The van der Waals surface area contributed by atoms with Gasteiger partial charge in [-0.3, -0.25) is 10.1 Å². The molecule has 0 unspecified atom stereocenters. The lowest BCUT2D eigenvalue weighted by atomic mass is 9.54. The molecule has 0 aromatic heterocycles. The number of carbonyl (C=O) groups is 1. The Labute approximate surface area is 168 Å². The van der Waals surface area contributed by atoms with Crippen LogP contribution >= 0.6 is 35.4 Å². The monoisotopic (exact) mass is 412 g/mol.